The lowest BCUT2D eigenvalue weighted by atomic mass is 10.1. The molecule has 1 saturated heterocycles. The molecule has 2 rings (SSSR count). The van der Waals surface area contributed by atoms with Crippen LogP contribution in [0.2, 0.25) is 0 Å². The number of methoxy groups -OCH3 is 1. The number of hydrogen-bond acceptors (Lipinski definition) is 4. The average molecular weight is 377 g/mol. The van der Waals surface area contributed by atoms with Gasteiger partial charge in [0.05, 0.1) is 26.4 Å². The molecule has 7 heteroatoms. The molecule has 1 amide bonds. The van der Waals surface area contributed by atoms with Crippen LogP contribution in [0, 0.1) is 5.92 Å². The Morgan fingerprint density at radius 1 is 1.26 bits per heavy atom. The molecule has 2 N–H and O–H groups in total. The summed E-state index contributed by atoms with van der Waals surface area (Å²) < 4.78 is 10.7. The van der Waals surface area contributed by atoms with Crippen LogP contribution >= 0.6 is 0 Å². The second-order valence-corrected chi connectivity index (χ2v) is 6.53. The van der Waals surface area contributed by atoms with Crippen molar-refractivity contribution >= 4 is 11.9 Å². The lowest BCUT2D eigenvalue weighted by Gasteiger charge is -2.21. The second-order valence-electron chi connectivity index (χ2n) is 6.53. The summed E-state index contributed by atoms with van der Waals surface area (Å²) in [5.41, 5.74) is 0.671. The predicted octanol–water partition coefficient (Wildman–Crippen LogP) is 1.37. The van der Waals surface area contributed by atoms with Gasteiger partial charge in [-0.1, -0.05) is 18.2 Å². The highest BCUT2D eigenvalue weighted by atomic mass is 16.5. The lowest BCUT2D eigenvalue weighted by Crippen LogP contribution is -2.41. The van der Waals surface area contributed by atoms with E-state index in [4.69, 9.17) is 9.47 Å². The summed E-state index contributed by atoms with van der Waals surface area (Å²) in [6, 6.07) is 9.23. The van der Waals surface area contributed by atoms with E-state index in [1.807, 2.05) is 30.3 Å². The van der Waals surface area contributed by atoms with Crippen LogP contribution in [0.15, 0.2) is 35.3 Å². The fourth-order valence-electron chi connectivity index (χ4n) is 3.00. The molecule has 7 nitrogen and oxygen atoms in total. The Morgan fingerprint density at radius 2 is 2.07 bits per heavy atom. The number of nitrogens with zero attached hydrogens (tertiary/aromatic N) is 2. The molecule has 1 aromatic rings. The van der Waals surface area contributed by atoms with Gasteiger partial charge in [0.25, 0.3) is 5.91 Å². The standard InChI is InChI=1S/C20H32N4O3/c1-3-21-20(24-12-9-17(15-24)16-27-14-13-26-2)23-11-10-22-19(25)18-7-5-4-6-8-18/h4-8,17H,3,9-16H2,1-2H3,(H,21,23)(H,22,25). The molecule has 1 heterocycles. The average Bonchev–Trinajstić information content (AvgIpc) is 3.17. The third-order valence-corrected chi connectivity index (χ3v) is 4.40. The van der Waals surface area contributed by atoms with Crippen molar-refractivity contribution in [2.45, 2.75) is 13.3 Å². The van der Waals surface area contributed by atoms with Crippen molar-refractivity contribution in [1.82, 2.24) is 15.5 Å². The van der Waals surface area contributed by atoms with Gasteiger partial charge in [-0.3, -0.25) is 9.79 Å². The summed E-state index contributed by atoms with van der Waals surface area (Å²) in [7, 11) is 1.68. The topological polar surface area (TPSA) is 75.2 Å². The Morgan fingerprint density at radius 3 is 2.81 bits per heavy atom. The number of rotatable bonds is 10. The molecule has 1 fully saturated rings. The number of hydrogen-bond donors (Lipinski definition) is 2. The largest absolute Gasteiger partial charge is 0.382 e. The van der Waals surface area contributed by atoms with E-state index in [0.717, 1.165) is 38.6 Å². The van der Waals surface area contributed by atoms with Crippen molar-refractivity contribution < 1.29 is 14.3 Å². The van der Waals surface area contributed by atoms with Crippen LogP contribution in [0.3, 0.4) is 0 Å². The lowest BCUT2D eigenvalue weighted by molar-refractivity contribution is 0.0536. The van der Waals surface area contributed by atoms with Gasteiger partial charge in [-0.05, 0) is 25.5 Å². The van der Waals surface area contributed by atoms with E-state index in [1.165, 1.54) is 0 Å². The van der Waals surface area contributed by atoms with Crippen LogP contribution in [0.1, 0.15) is 23.7 Å². The van der Waals surface area contributed by atoms with E-state index < -0.39 is 0 Å². The zero-order valence-corrected chi connectivity index (χ0v) is 16.4. The van der Waals surface area contributed by atoms with Gasteiger partial charge in [0.1, 0.15) is 0 Å². The van der Waals surface area contributed by atoms with E-state index in [1.54, 1.807) is 7.11 Å². The number of ether oxygens (including phenoxy) is 2. The predicted molar refractivity (Wildman–Crippen MR) is 107 cm³/mol. The summed E-state index contributed by atoms with van der Waals surface area (Å²) in [5.74, 6) is 1.36. The van der Waals surface area contributed by atoms with Crippen molar-refractivity contribution in [3.05, 3.63) is 35.9 Å². The summed E-state index contributed by atoms with van der Waals surface area (Å²) in [5, 5.41) is 6.26. The first-order chi connectivity index (χ1) is 13.2. The maximum Gasteiger partial charge on any atom is 0.251 e. The van der Waals surface area contributed by atoms with Gasteiger partial charge < -0.3 is 25.0 Å². The van der Waals surface area contributed by atoms with E-state index in [2.05, 4.69) is 27.4 Å². The van der Waals surface area contributed by atoms with Gasteiger partial charge >= 0.3 is 0 Å². The first kappa shape index (κ1) is 21.2. The van der Waals surface area contributed by atoms with Crippen LogP contribution < -0.4 is 10.6 Å². The monoisotopic (exact) mass is 376 g/mol. The Balaban J connectivity index is 1.74. The van der Waals surface area contributed by atoms with E-state index in [0.29, 0.717) is 37.8 Å². The maximum atomic E-state index is 12.1. The fraction of sp³-hybridized carbons (Fsp3) is 0.600. The minimum Gasteiger partial charge on any atom is -0.382 e. The van der Waals surface area contributed by atoms with Crippen molar-refractivity contribution in [3.63, 3.8) is 0 Å². The highest BCUT2D eigenvalue weighted by Gasteiger charge is 2.24. The van der Waals surface area contributed by atoms with Crippen molar-refractivity contribution in [2.75, 3.05) is 59.7 Å². The number of amides is 1. The zero-order chi connectivity index (χ0) is 19.3. The number of carbonyl (C=O) groups excluding carboxylic acids is 1. The number of nitrogens with one attached hydrogen (secondary N) is 2. The van der Waals surface area contributed by atoms with Crippen LogP contribution in [-0.2, 0) is 9.47 Å². The summed E-state index contributed by atoms with van der Waals surface area (Å²) in [6.45, 7) is 7.89. The Kier molecular flexibility index (Phi) is 9.65. The van der Waals surface area contributed by atoms with Gasteiger partial charge in [-0.25, -0.2) is 0 Å². The number of benzene rings is 1. The van der Waals surface area contributed by atoms with E-state index in [-0.39, 0.29) is 5.91 Å². The highest BCUT2D eigenvalue weighted by Crippen LogP contribution is 2.16. The van der Waals surface area contributed by atoms with E-state index in [9.17, 15) is 4.79 Å². The second kappa shape index (κ2) is 12.3. The molecular weight excluding hydrogens is 344 g/mol. The van der Waals surface area contributed by atoms with Crippen molar-refractivity contribution in [3.8, 4) is 0 Å². The minimum atomic E-state index is -0.0646. The zero-order valence-electron chi connectivity index (χ0n) is 16.4. The third kappa shape index (κ3) is 7.56. The maximum absolute atomic E-state index is 12.1. The molecule has 1 atom stereocenters. The smallest absolute Gasteiger partial charge is 0.251 e. The molecular formula is C20H32N4O3. The van der Waals surface area contributed by atoms with E-state index >= 15 is 0 Å². The molecule has 27 heavy (non-hydrogen) atoms. The molecule has 1 unspecified atom stereocenters. The van der Waals surface area contributed by atoms with Gasteiger partial charge in [0.15, 0.2) is 5.96 Å². The number of guanidine groups is 1. The molecule has 1 aliphatic rings. The Labute approximate surface area is 162 Å². The van der Waals surface area contributed by atoms with Crippen LogP contribution in [-0.4, -0.2) is 76.4 Å². The van der Waals surface area contributed by atoms with Crippen molar-refractivity contribution in [2.24, 2.45) is 10.9 Å². The number of carbonyl (C=O) groups is 1. The van der Waals surface area contributed by atoms with Crippen LogP contribution in [0.5, 0.6) is 0 Å². The molecule has 150 valence electrons. The molecule has 1 aromatic carbocycles. The first-order valence-electron chi connectivity index (χ1n) is 9.67. The highest BCUT2D eigenvalue weighted by molar-refractivity contribution is 5.94. The van der Waals surface area contributed by atoms with Gasteiger partial charge in [0.2, 0.25) is 0 Å². The number of likely N-dealkylation sites (tertiary alicyclic amines) is 1. The summed E-state index contributed by atoms with van der Waals surface area (Å²) in [6.07, 6.45) is 1.10. The Hall–Kier alpha value is -2.12. The Bertz CT molecular complexity index is 580. The molecule has 0 saturated carbocycles. The third-order valence-electron chi connectivity index (χ3n) is 4.40. The molecule has 0 spiro atoms. The van der Waals surface area contributed by atoms with Gasteiger partial charge in [-0.2, -0.15) is 0 Å². The number of aliphatic imine (C=N–C) groups is 1. The van der Waals surface area contributed by atoms with Crippen molar-refractivity contribution in [1.29, 1.82) is 0 Å². The molecule has 0 aliphatic carbocycles. The quantitative estimate of drug-likeness (QED) is 0.366. The molecule has 0 bridgehead atoms. The normalized spacial score (nSPS) is 17.2. The SMILES string of the molecule is CCNC(=NCCNC(=O)c1ccccc1)N1CCC(COCCOC)C1. The summed E-state index contributed by atoms with van der Waals surface area (Å²) >= 11 is 0. The molecule has 0 radical (unpaired) electrons. The first-order valence-corrected chi connectivity index (χ1v) is 9.67. The fourth-order valence-corrected chi connectivity index (χ4v) is 3.00. The minimum absolute atomic E-state index is 0.0646. The van der Waals surface area contributed by atoms with Crippen LogP contribution in [0.25, 0.3) is 0 Å². The molecule has 0 aromatic heterocycles. The summed E-state index contributed by atoms with van der Waals surface area (Å²) in [4.78, 5) is 19.0. The van der Waals surface area contributed by atoms with Crippen LogP contribution in [0.4, 0.5) is 0 Å². The van der Waals surface area contributed by atoms with Gasteiger partial charge in [-0.15, -0.1) is 0 Å². The van der Waals surface area contributed by atoms with Gasteiger partial charge in [0, 0.05) is 44.8 Å². The molecule has 1 aliphatic heterocycles.